The van der Waals surface area contributed by atoms with Crippen molar-refractivity contribution in [3.63, 3.8) is 0 Å². The normalized spacial score (nSPS) is 13.0. The summed E-state index contributed by atoms with van der Waals surface area (Å²) >= 11 is 0. The van der Waals surface area contributed by atoms with Crippen LogP contribution in [0.1, 0.15) is 40.5 Å². The summed E-state index contributed by atoms with van der Waals surface area (Å²) in [4.78, 5) is 14.3. The van der Waals surface area contributed by atoms with Gasteiger partial charge in [0.05, 0.1) is 5.25 Å². The number of rotatable bonds is 8. The van der Waals surface area contributed by atoms with Gasteiger partial charge in [-0.05, 0) is 51.5 Å². The second-order valence-electron chi connectivity index (χ2n) is 6.09. The number of benzene rings is 1. The van der Waals surface area contributed by atoms with E-state index in [1.165, 1.54) is 6.92 Å². The zero-order valence-corrected chi connectivity index (χ0v) is 15.5. The van der Waals surface area contributed by atoms with E-state index in [0.717, 1.165) is 25.1 Å². The van der Waals surface area contributed by atoms with Gasteiger partial charge in [-0.1, -0.05) is 13.3 Å². The summed E-state index contributed by atoms with van der Waals surface area (Å²) in [6, 6.07) is 7.44. The van der Waals surface area contributed by atoms with E-state index < -0.39 is 26.2 Å². The van der Waals surface area contributed by atoms with E-state index in [4.69, 9.17) is 0 Å². The predicted octanol–water partition coefficient (Wildman–Crippen LogP) is 3.07. The number of hydrogen-bond acceptors (Lipinski definition) is 4. The molecule has 0 aliphatic rings. The maximum atomic E-state index is 12.1. The lowest BCUT2D eigenvalue weighted by Crippen LogP contribution is -2.36. The van der Waals surface area contributed by atoms with Crippen molar-refractivity contribution >= 4 is 27.1 Å². The highest BCUT2D eigenvalue weighted by Crippen LogP contribution is 2.18. The standard InChI is InChI=1S/C17H28N2O3S/c1-6-7-12-19(5)16-10-8-15(9-11-16)18-17(20)14(4)23(21,22)13(2)3/h8-11,13-14H,6-7,12H2,1-5H3,(H,18,20)/t14-/m0/s1. The predicted molar refractivity (Wildman–Crippen MR) is 96.8 cm³/mol. The molecule has 0 fully saturated rings. The Kier molecular flexibility index (Phi) is 7.06. The third-order valence-corrected chi connectivity index (χ3v) is 6.46. The Morgan fingerprint density at radius 1 is 1.17 bits per heavy atom. The zero-order chi connectivity index (χ0) is 17.6. The minimum Gasteiger partial charge on any atom is -0.375 e. The van der Waals surface area contributed by atoms with Crippen LogP contribution in [-0.4, -0.2) is 38.4 Å². The first kappa shape index (κ1) is 19.5. The molecule has 0 unspecified atom stereocenters. The van der Waals surface area contributed by atoms with E-state index in [-0.39, 0.29) is 0 Å². The van der Waals surface area contributed by atoms with Crippen LogP contribution in [0.3, 0.4) is 0 Å². The Morgan fingerprint density at radius 3 is 2.22 bits per heavy atom. The minimum atomic E-state index is -3.45. The number of carbonyl (C=O) groups is 1. The van der Waals surface area contributed by atoms with Crippen molar-refractivity contribution < 1.29 is 13.2 Å². The fourth-order valence-electron chi connectivity index (χ4n) is 2.12. The Hall–Kier alpha value is -1.56. The van der Waals surface area contributed by atoms with Crippen LogP contribution in [-0.2, 0) is 14.6 Å². The average Bonchev–Trinajstić information content (AvgIpc) is 2.52. The van der Waals surface area contributed by atoms with E-state index in [9.17, 15) is 13.2 Å². The Balaban J connectivity index is 2.73. The van der Waals surface area contributed by atoms with E-state index in [1.807, 2.05) is 19.2 Å². The van der Waals surface area contributed by atoms with Crippen molar-refractivity contribution in [2.45, 2.75) is 51.0 Å². The molecule has 6 heteroatoms. The number of carbonyl (C=O) groups excluding carboxylic acids is 1. The molecule has 0 bridgehead atoms. The Morgan fingerprint density at radius 2 is 1.74 bits per heavy atom. The number of unbranched alkanes of at least 4 members (excludes halogenated alkanes) is 1. The lowest BCUT2D eigenvalue weighted by molar-refractivity contribution is -0.115. The van der Waals surface area contributed by atoms with E-state index >= 15 is 0 Å². The van der Waals surface area contributed by atoms with Crippen molar-refractivity contribution in [2.75, 3.05) is 23.8 Å². The van der Waals surface area contributed by atoms with Gasteiger partial charge in [-0.15, -0.1) is 0 Å². The van der Waals surface area contributed by atoms with Crippen molar-refractivity contribution in [1.82, 2.24) is 0 Å². The first-order valence-electron chi connectivity index (χ1n) is 8.05. The van der Waals surface area contributed by atoms with Crippen molar-refractivity contribution in [3.8, 4) is 0 Å². The van der Waals surface area contributed by atoms with Gasteiger partial charge in [0, 0.05) is 25.0 Å². The first-order valence-corrected chi connectivity index (χ1v) is 9.65. The smallest absolute Gasteiger partial charge is 0.242 e. The number of sulfone groups is 1. The van der Waals surface area contributed by atoms with E-state index in [1.54, 1.807) is 26.0 Å². The molecule has 0 aliphatic carbocycles. The lowest BCUT2D eigenvalue weighted by atomic mass is 10.2. The molecular weight excluding hydrogens is 312 g/mol. The fourth-order valence-corrected chi connectivity index (χ4v) is 3.30. The Labute approximate surface area is 140 Å². The second-order valence-corrected chi connectivity index (χ2v) is 8.92. The molecule has 0 spiro atoms. The van der Waals surface area contributed by atoms with Gasteiger partial charge in [-0.25, -0.2) is 8.42 Å². The summed E-state index contributed by atoms with van der Waals surface area (Å²) in [7, 11) is -1.42. The molecule has 1 rings (SSSR count). The molecule has 23 heavy (non-hydrogen) atoms. The number of anilines is 2. The third kappa shape index (κ3) is 5.23. The molecule has 1 atom stereocenters. The monoisotopic (exact) mass is 340 g/mol. The quantitative estimate of drug-likeness (QED) is 0.790. The SMILES string of the molecule is CCCCN(C)c1ccc(NC(=O)[C@H](C)S(=O)(=O)C(C)C)cc1. The molecular formula is C17H28N2O3S. The third-order valence-electron chi connectivity index (χ3n) is 3.94. The number of amides is 1. The van der Waals surface area contributed by atoms with Gasteiger partial charge in [-0.3, -0.25) is 4.79 Å². The van der Waals surface area contributed by atoms with Crippen molar-refractivity contribution in [1.29, 1.82) is 0 Å². The van der Waals surface area contributed by atoms with Crippen LogP contribution in [0.25, 0.3) is 0 Å². The van der Waals surface area contributed by atoms with Crippen LogP contribution >= 0.6 is 0 Å². The minimum absolute atomic E-state index is 0.495. The number of nitrogens with one attached hydrogen (secondary N) is 1. The van der Waals surface area contributed by atoms with Crippen LogP contribution in [0.4, 0.5) is 11.4 Å². The molecule has 1 N–H and O–H groups in total. The lowest BCUT2D eigenvalue weighted by Gasteiger charge is -2.20. The van der Waals surface area contributed by atoms with Crippen LogP contribution in [0.15, 0.2) is 24.3 Å². The second kappa shape index (κ2) is 8.34. The van der Waals surface area contributed by atoms with E-state index in [0.29, 0.717) is 5.69 Å². The molecule has 130 valence electrons. The number of nitrogens with zero attached hydrogens (tertiary/aromatic N) is 1. The van der Waals surface area contributed by atoms with Gasteiger partial charge in [0.2, 0.25) is 5.91 Å². The summed E-state index contributed by atoms with van der Waals surface area (Å²) in [5, 5.41) is 1.04. The van der Waals surface area contributed by atoms with Gasteiger partial charge in [0.25, 0.3) is 0 Å². The molecule has 1 amide bonds. The van der Waals surface area contributed by atoms with Crippen LogP contribution < -0.4 is 10.2 Å². The van der Waals surface area contributed by atoms with Gasteiger partial charge >= 0.3 is 0 Å². The van der Waals surface area contributed by atoms with E-state index in [2.05, 4.69) is 17.1 Å². The Bertz CT molecular complexity index is 609. The summed E-state index contributed by atoms with van der Waals surface area (Å²) in [6.45, 7) is 7.72. The molecule has 0 aliphatic heterocycles. The van der Waals surface area contributed by atoms with Crippen molar-refractivity contribution in [2.24, 2.45) is 0 Å². The highest BCUT2D eigenvalue weighted by Gasteiger charge is 2.30. The topological polar surface area (TPSA) is 66.5 Å². The highest BCUT2D eigenvalue weighted by molar-refractivity contribution is 7.93. The number of hydrogen-bond donors (Lipinski definition) is 1. The molecule has 0 saturated carbocycles. The van der Waals surface area contributed by atoms with Crippen LogP contribution in [0.5, 0.6) is 0 Å². The molecule has 0 aromatic heterocycles. The summed E-state index contributed by atoms with van der Waals surface area (Å²) in [6.07, 6.45) is 2.26. The fraction of sp³-hybridized carbons (Fsp3) is 0.588. The van der Waals surface area contributed by atoms with Crippen LogP contribution in [0, 0.1) is 0 Å². The molecule has 5 nitrogen and oxygen atoms in total. The largest absolute Gasteiger partial charge is 0.375 e. The first-order chi connectivity index (χ1) is 10.7. The van der Waals surface area contributed by atoms with Gasteiger partial charge in [0.1, 0.15) is 5.25 Å². The molecule has 0 saturated heterocycles. The van der Waals surface area contributed by atoms with Gasteiger partial charge in [0.15, 0.2) is 9.84 Å². The summed E-state index contributed by atoms with van der Waals surface area (Å²) < 4.78 is 24.1. The summed E-state index contributed by atoms with van der Waals surface area (Å²) in [5.74, 6) is -0.495. The zero-order valence-electron chi connectivity index (χ0n) is 14.7. The molecule has 0 radical (unpaired) electrons. The van der Waals surface area contributed by atoms with Crippen LogP contribution in [0.2, 0.25) is 0 Å². The van der Waals surface area contributed by atoms with Crippen molar-refractivity contribution in [3.05, 3.63) is 24.3 Å². The average molecular weight is 340 g/mol. The highest BCUT2D eigenvalue weighted by atomic mass is 32.2. The summed E-state index contributed by atoms with van der Waals surface area (Å²) in [5.41, 5.74) is 1.67. The van der Waals surface area contributed by atoms with Gasteiger partial charge in [-0.2, -0.15) is 0 Å². The molecule has 1 aromatic rings. The van der Waals surface area contributed by atoms with Gasteiger partial charge < -0.3 is 10.2 Å². The maximum absolute atomic E-state index is 12.1. The molecule has 1 aromatic carbocycles. The molecule has 0 heterocycles. The maximum Gasteiger partial charge on any atom is 0.242 e.